The average Bonchev–Trinajstić information content (AvgIpc) is 2.51. The van der Waals surface area contributed by atoms with Gasteiger partial charge in [-0.05, 0) is 43.4 Å². The molecule has 8 heteroatoms. The molecule has 3 unspecified atom stereocenters. The van der Waals surface area contributed by atoms with Gasteiger partial charge in [0, 0.05) is 6.42 Å². The summed E-state index contributed by atoms with van der Waals surface area (Å²) in [6.45, 7) is 4.98. The van der Waals surface area contributed by atoms with Crippen LogP contribution in [0.2, 0.25) is 0 Å². The highest BCUT2D eigenvalue weighted by Crippen LogP contribution is 2.28. The number of carboxylic acid groups (broad SMARTS) is 1. The first-order chi connectivity index (χ1) is 8.60. The van der Waals surface area contributed by atoms with Gasteiger partial charge in [0.15, 0.2) is 4.11 Å². The number of alkyl halides is 1. The molecule has 2 N–H and O–H groups in total. The molecule has 0 aliphatic carbocycles. The van der Waals surface area contributed by atoms with Crippen LogP contribution in [0.4, 0.5) is 4.79 Å². The van der Waals surface area contributed by atoms with Gasteiger partial charge in [-0.2, -0.15) is 0 Å². The lowest BCUT2D eigenvalue weighted by Crippen LogP contribution is -2.48. The molecular formula is C11H16INO6. The van der Waals surface area contributed by atoms with Crippen LogP contribution in [0.5, 0.6) is 0 Å². The number of esters is 1. The number of ether oxygens (including phenoxy) is 2. The van der Waals surface area contributed by atoms with E-state index in [-0.39, 0.29) is 10.5 Å². The first-order valence-corrected chi connectivity index (χ1v) is 6.91. The molecule has 1 aliphatic heterocycles. The Kier molecular flexibility index (Phi) is 4.99. The van der Waals surface area contributed by atoms with Crippen LogP contribution >= 0.6 is 22.6 Å². The van der Waals surface area contributed by atoms with Gasteiger partial charge in [-0.3, -0.25) is 4.79 Å². The summed E-state index contributed by atoms with van der Waals surface area (Å²) in [5.41, 5.74) is -0.741. The topological polar surface area (TPSA) is 102 Å². The Morgan fingerprint density at radius 1 is 1.53 bits per heavy atom. The maximum Gasteiger partial charge on any atom is 0.408 e. The summed E-state index contributed by atoms with van der Waals surface area (Å²) in [6.07, 6.45) is -0.629. The second kappa shape index (κ2) is 5.93. The van der Waals surface area contributed by atoms with E-state index in [1.165, 1.54) is 0 Å². The van der Waals surface area contributed by atoms with Gasteiger partial charge in [-0.25, -0.2) is 9.59 Å². The summed E-state index contributed by atoms with van der Waals surface area (Å²) in [5.74, 6) is -2.81. The van der Waals surface area contributed by atoms with E-state index in [1.54, 1.807) is 20.8 Å². The predicted octanol–water partition coefficient (Wildman–Crippen LogP) is 1.29. The van der Waals surface area contributed by atoms with Crippen LogP contribution in [-0.4, -0.2) is 38.9 Å². The molecule has 0 aromatic heterocycles. The molecule has 7 nitrogen and oxygen atoms in total. The van der Waals surface area contributed by atoms with Gasteiger partial charge in [-0.15, -0.1) is 0 Å². The molecule has 1 fully saturated rings. The fourth-order valence-electron chi connectivity index (χ4n) is 1.60. The van der Waals surface area contributed by atoms with Gasteiger partial charge < -0.3 is 19.9 Å². The normalized spacial score (nSPS) is 24.5. The molecule has 1 heterocycles. The SMILES string of the molecule is CC(C)(C)OC(=O)NC(C(=O)O)C1CC(I)OC1=O. The molecule has 0 aromatic rings. The largest absolute Gasteiger partial charge is 0.480 e. The van der Waals surface area contributed by atoms with E-state index in [0.717, 1.165) is 0 Å². The lowest BCUT2D eigenvalue weighted by Gasteiger charge is -2.23. The first-order valence-electron chi connectivity index (χ1n) is 5.67. The van der Waals surface area contributed by atoms with Crippen molar-refractivity contribution in [3.63, 3.8) is 0 Å². The number of cyclic esters (lactones) is 1. The number of alkyl carbamates (subject to hydrolysis) is 1. The number of hydrogen-bond acceptors (Lipinski definition) is 5. The molecule has 1 amide bonds. The Labute approximate surface area is 124 Å². The number of amides is 1. The average molecular weight is 385 g/mol. The van der Waals surface area contributed by atoms with Crippen molar-refractivity contribution in [1.82, 2.24) is 5.32 Å². The predicted molar refractivity (Wildman–Crippen MR) is 72.8 cm³/mol. The second-order valence-corrected chi connectivity index (χ2v) is 6.54. The van der Waals surface area contributed by atoms with Crippen LogP contribution < -0.4 is 5.32 Å². The van der Waals surface area contributed by atoms with Gasteiger partial charge in [-0.1, -0.05) is 0 Å². The van der Waals surface area contributed by atoms with Crippen LogP contribution in [0, 0.1) is 5.92 Å². The monoisotopic (exact) mass is 385 g/mol. The van der Waals surface area contributed by atoms with E-state index < -0.39 is 35.6 Å². The zero-order chi connectivity index (χ0) is 14.8. The van der Waals surface area contributed by atoms with E-state index in [0.29, 0.717) is 0 Å². The maximum absolute atomic E-state index is 11.6. The first kappa shape index (κ1) is 16.0. The molecule has 3 atom stereocenters. The standard InChI is InChI=1S/C11H16INO6/c1-11(2,3)19-10(17)13-7(8(14)15)5-4-6(12)18-9(5)16/h5-7H,4H2,1-3H3,(H,13,17)(H,14,15). The number of rotatable bonds is 3. The molecule has 0 saturated carbocycles. The third-order valence-corrected chi connectivity index (χ3v) is 3.09. The van der Waals surface area contributed by atoms with Gasteiger partial charge in [0.2, 0.25) is 0 Å². The Balaban J connectivity index is 2.72. The number of hydrogen-bond donors (Lipinski definition) is 2. The van der Waals surface area contributed by atoms with E-state index in [9.17, 15) is 14.4 Å². The Morgan fingerprint density at radius 3 is 2.47 bits per heavy atom. The maximum atomic E-state index is 11.6. The number of aliphatic carboxylic acids is 1. The van der Waals surface area contributed by atoms with E-state index >= 15 is 0 Å². The highest BCUT2D eigenvalue weighted by atomic mass is 127. The fourth-order valence-corrected chi connectivity index (χ4v) is 2.40. The van der Waals surface area contributed by atoms with Crippen LogP contribution in [-0.2, 0) is 19.1 Å². The van der Waals surface area contributed by atoms with Crippen molar-refractivity contribution in [1.29, 1.82) is 0 Å². The Bertz CT molecular complexity index is 391. The summed E-state index contributed by atoms with van der Waals surface area (Å²) in [4.78, 5) is 34.2. The van der Waals surface area contributed by atoms with Gasteiger partial charge in [0.1, 0.15) is 11.6 Å². The van der Waals surface area contributed by atoms with E-state index in [2.05, 4.69) is 5.32 Å². The zero-order valence-corrected chi connectivity index (χ0v) is 13.0. The van der Waals surface area contributed by atoms with Crippen molar-refractivity contribution < 1.29 is 29.0 Å². The number of carbonyl (C=O) groups excluding carboxylic acids is 2. The highest BCUT2D eigenvalue weighted by molar-refractivity contribution is 14.1. The molecule has 108 valence electrons. The Morgan fingerprint density at radius 2 is 2.11 bits per heavy atom. The summed E-state index contributed by atoms with van der Waals surface area (Å²) < 4.78 is 9.47. The van der Waals surface area contributed by atoms with Crippen molar-refractivity contribution in [2.45, 2.75) is 42.9 Å². The lowest BCUT2D eigenvalue weighted by atomic mass is 9.99. The van der Waals surface area contributed by atoms with Crippen LogP contribution in [0.15, 0.2) is 0 Å². The number of carbonyl (C=O) groups is 3. The molecule has 1 rings (SSSR count). The highest BCUT2D eigenvalue weighted by Gasteiger charge is 2.43. The fraction of sp³-hybridized carbons (Fsp3) is 0.727. The second-order valence-electron chi connectivity index (χ2n) is 5.15. The minimum atomic E-state index is -1.35. The smallest absolute Gasteiger partial charge is 0.408 e. The molecule has 1 saturated heterocycles. The number of nitrogens with one attached hydrogen (secondary N) is 1. The molecule has 0 bridgehead atoms. The Hall–Kier alpha value is -1.06. The van der Waals surface area contributed by atoms with Gasteiger partial charge in [0.05, 0.1) is 5.92 Å². The van der Waals surface area contributed by atoms with Crippen molar-refractivity contribution in [3.05, 3.63) is 0 Å². The van der Waals surface area contributed by atoms with Crippen LogP contribution in [0.1, 0.15) is 27.2 Å². The number of carboxylic acids is 1. The van der Waals surface area contributed by atoms with Crippen molar-refractivity contribution >= 4 is 40.6 Å². The summed E-state index contributed by atoms with van der Waals surface area (Å²) in [5, 5.41) is 11.3. The molecule has 0 aromatic carbocycles. The summed E-state index contributed by atoms with van der Waals surface area (Å²) in [6, 6.07) is -1.35. The summed E-state index contributed by atoms with van der Waals surface area (Å²) >= 11 is 1.90. The van der Waals surface area contributed by atoms with E-state index in [1.807, 2.05) is 22.6 Å². The minimum Gasteiger partial charge on any atom is -0.480 e. The van der Waals surface area contributed by atoms with Crippen molar-refractivity contribution in [3.8, 4) is 0 Å². The van der Waals surface area contributed by atoms with Gasteiger partial charge >= 0.3 is 18.0 Å². The minimum absolute atomic E-state index is 0.242. The zero-order valence-electron chi connectivity index (χ0n) is 10.8. The molecule has 0 spiro atoms. The molecular weight excluding hydrogens is 369 g/mol. The van der Waals surface area contributed by atoms with Gasteiger partial charge in [0.25, 0.3) is 0 Å². The molecule has 1 aliphatic rings. The third-order valence-electron chi connectivity index (χ3n) is 2.33. The summed E-state index contributed by atoms with van der Waals surface area (Å²) in [7, 11) is 0. The quantitative estimate of drug-likeness (QED) is 0.431. The van der Waals surface area contributed by atoms with Crippen LogP contribution in [0.25, 0.3) is 0 Å². The third kappa shape index (κ3) is 4.84. The van der Waals surface area contributed by atoms with Crippen molar-refractivity contribution in [2.24, 2.45) is 5.92 Å². The van der Waals surface area contributed by atoms with E-state index in [4.69, 9.17) is 14.6 Å². The lowest BCUT2D eigenvalue weighted by molar-refractivity contribution is -0.149. The molecule has 0 radical (unpaired) electrons. The van der Waals surface area contributed by atoms with Crippen molar-refractivity contribution in [2.75, 3.05) is 0 Å². The number of halogens is 1. The van der Waals surface area contributed by atoms with Crippen LogP contribution in [0.3, 0.4) is 0 Å². The molecule has 19 heavy (non-hydrogen) atoms.